The summed E-state index contributed by atoms with van der Waals surface area (Å²) >= 11 is 0. The summed E-state index contributed by atoms with van der Waals surface area (Å²) < 4.78 is 5.16. The average molecular weight is 431 g/mol. The Hall–Kier alpha value is -1.64. The smallest absolute Gasteiger partial charge is 0.330 e. The fourth-order valence-corrected chi connectivity index (χ4v) is 3.94. The highest BCUT2D eigenvalue weighted by Gasteiger charge is 2.13. The number of unbranched alkanes of at least 4 members (excludes halogenated alkanes) is 15. The molecule has 0 aromatic carbocycles. The number of hydrogen-bond acceptors (Lipinski definition) is 3. The molecule has 3 heteroatoms. The highest BCUT2D eigenvalue weighted by molar-refractivity contribution is 5.99. The van der Waals surface area contributed by atoms with E-state index in [0.29, 0.717) is 6.42 Å². The Morgan fingerprint density at radius 3 is 1.90 bits per heavy atom. The number of cyclic esters (lactones) is 1. The van der Waals surface area contributed by atoms with Crippen molar-refractivity contribution in [3.63, 3.8) is 0 Å². The van der Waals surface area contributed by atoms with E-state index in [2.05, 4.69) is 6.92 Å². The van der Waals surface area contributed by atoms with Crippen LogP contribution in [-0.2, 0) is 14.3 Å². The molecule has 0 aromatic rings. The molecule has 0 spiro atoms. The maximum atomic E-state index is 11.8. The molecule has 0 radical (unpaired) electrons. The molecule has 1 rings (SSSR count). The van der Waals surface area contributed by atoms with Crippen LogP contribution >= 0.6 is 0 Å². The Kier molecular flexibility index (Phi) is 17.9. The molecule has 0 bridgehead atoms. The van der Waals surface area contributed by atoms with Crippen LogP contribution in [0.15, 0.2) is 36.5 Å². The summed E-state index contributed by atoms with van der Waals surface area (Å²) in [6.45, 7) is 2.28. The zero-order chi connectivity index (χ0) is 22.4. The van der Waals surface area contributed by atoms with Gasteiger partial charge in [0, 0.05) is 18.9 Å². The number of hydrogen-bond donors (Lipinski definition) is 0. The van der Waals surface area contributed by atoms with E-state index in [9.17, 15) is 9.59 Å². The van der Waals surface area contributed by atoms with Gasteiger partial charge in [-0.05, 0) is 25.0 Å². The van der Waals surface area contributed by atoms with Crippen molar-refractivity contribution in [2.45, 2.75) is 129 Å². The normalized spacial score (nSPS) is 16.4. The largest absolute Gasteiger partial charge is 0.459 e. The molecule has 0 unspecified atom stereocenters. The molecule has 0 N–H and O–H groups in total. The van der Waals surface area contributed by atoms with Gasteiger partial charge in [-0.3, -0.25) is 4.79 Å². The molecule has 1 aliphatic rings. The first-order valence-corrected chi connectivity index (χ1v) is 13.0. The number of ether oxygens (including phenoxy) is 1. The van der Waals surface area contributed by atoms with Gasteiger partial charge in [0.2, 0.25) is 0 Å². The third-order valence-corrected chi connectivity index (χ3v) is 5.87. The summed E-state index contributed by atoms with van der Waals surface area (Å²) in [6, 6.07) is 0. The summed E-state index contributed by atoms with van der Waals surface area (Å²) in [4.78, 5) is 23.0. The molecule has 0 aromatic heterocycles. The number of esters is 1. The molecule has 0 saturated carbocycles. The summed E-state index contributed by atoms with van der Waals surface area (Å²) in [7, 11) is 0. The van der Waals surface area contributed by atoms with E-state index < -0.39 is 0 Å². The summed E-state index contributed by atoms with van der Waals surface area (Å²) in [5.74, 6) is -0.280. The molecule has 1 aliphatic heterocycles. The van der Waals surface area contributed by atoms with Gasteiger partial charge in [0.1, 0.15) is 6.10 Å². The molecule has 0 fully saturated rings. The van der Waals surface area contributed by atoms with Crippen molar-refractivity contribution >= 4 is 11.8 Å². The monoisotopic (exact) mass is 430 g/mol. The van der Waals surface area contributed by atoms with E-state index in [1.165, 1.54) is 96.0 Å². The Labute approximate surface area is 191 Å². The van der Waals surface area contributed by atoms with Crippen LogP contribution in [0, 0.1) is 0 Å². The van der Waals surface area contributed by atoms with Crippen LogP contribution < -0.4 is 0 Å². The van der Waals surface area contributed by atoms with Crippen LogP contribution in [0.2, 0.25) is 0 Å². The lowest BCUT2D eigenvalue weighted by molar-refractivity contribution is -0.143. The molecule has 3 nitrogen and oxygen atoms in total. The number of rotatable bonds is 20. The van der Waals surface area contributed by atoms with Crippen LogP contribution in [0.1, 0.15) is 122 Å². The molecule has 0 saturated heterocycles. The maximum Gasteiger partial charge on any atom is 0.330 e. The van der Waals surface area contributed by atoms with Crippen molar-refractivity contribution in [2.24, 2.45) is 0 Å². The van der Waals surface area contributed by atoms with E-state index >= 15 is 0 Å². The summed E-state index contributed by atoms with van der Waals surface area (Å²) in [5.41, 5.74) is 0. The Morgan fingerprint density at radius 1 is 0.839 bits per heavy atom. The molecular formula is C28H46O3. The second-order valence-corrected chi connectivity index (χ2v) is 8.88. The van der Waals surface area contributed by atoms with Crippen molar-refractivity contribution in [3.8, 4) is 0 Å². The Morgan fingerprint density at radius 2 is 1.35 bits per heavy atom. The molecule has 0 amide bonds. The van der Waals surface area contributed by atoms with Gasteiger partial charge >= 0.3 is 5.97 Å². The zero-order valence-electron chi connectivity index (χ0n) is 20.0. The number of ketones is 1. The molecular weight excluding hydrogens is 384 g/mol. The van der Waals surface area contributed by atoms with Crippen molar-refractivity contribution in [1.82, 2.24) is 0 Å². The number of carbonyl (C=O) groups excluding carboxylic acids is 2. The predicted molar refractivity (Wildman–Crippen MR) is 131 cm³/mol. The number of carbonyl (C=O) groups is 2. The van der Waals surface area contributed by atoms with Gasteiger partial charge in [-0.25, -0.2) is 4.79 Å². The van der Waals surface area contributed by atoms with Gasteiger partial charge in [0.25, 0.3) is 0 Å². The van der Waals surface area contributed by atoms with Gasteiger partial charge < -0.3 is 4.74 Å². The van der Waals surface area contributed by atoms with Crippen molar-refractivity contribution < 1.29 is 14.3 Å². The van der Waals surface area contributed by atoms with Crippen LogP contribution in [-0.4, -0.2) is 17.9 Å². The minimum absolute atomic E-state index is 0.0126. The zero-order valence-corrected chi connectivity index (χ0v) is 20.0. The first-order chi connectivity index (χ1) is 15.2. The topological polar surface area (TPSA) is 43.4 Å². The quantitative estimate of drug-likeness (QED) is 0.111. The van der Waals surface area contributed by atoms with Gasteiger partial charge in [-0.1, -0.05) is 115 Å². The van der Waals surface area contributed by atoms with E-state index in [-0.39, 0.29) is 17.9 Å². The van der Waals surface area contributed by atoms with Gasteiger partial charge in [0.05, 0.1) is 0 Å². The van der Waals surface area contributed by atoms with Crippen LogP contribution in [0.3, 0.4) is 0 Å². The minimum Gasteiger partial charge on any atom is -0.459 e. The average Bonchev–Trinajstić information content (AvgIpc) is 2.76. The molecule has 31 heavy (non-hydrogen) atoms. The molecule has 176 valence electrons. The Balaban J connectivity index is 1.83. The molecule has 1 heterocycles. The number of allylic oxidation sites excluding steroid dienone is 3. The third-order valence-electron chi connectivity index (χ3n) is 5.87. The standard InChI is InChI=1S/C28H46O3/c1-2-3-4-5-6-7-8-9-10-11-12-13-14-15-16-17-18-21-26(29)22-19-23-27-24-20-25-28(30)31-27/h18-22,25,27H,2-17,23-24H2,1H3/b21-18+,22-19+/t27-/m0/s1. The first-order valence-electron chi connectivity index (χ1n) is 13.0. The van der Waals surface area contributed by atoms with Crippen LogP contribution in [0.25, 0.3) is 0 Å². The third kappa shape index (κ3) is 17.7. The van der Waals surface area contributed by atoms with Gasteiger partial charge in [0.15, 0.2) is 5.78 Å². The molecule has 1 atom stereocenters. The van der Waals surface area contributed by atoms with E-state index in [0.717, 1.165) is 19.3 Å². The summed E-state index contributed by atoms with van der Waals surface area (Å²) in [6.07, 6.45) is 33.1. The van der Waals surface area contributed by atoms with E-state index in [4.69, 9.17) is 4.74 Å². The minimum atomic E-state index is -0.292. The van der Waals surface area contributed by atoms with Crippen molar-refractivity contribution in [1.29, 1.82) is 0 Å². The lowest BCUT2D eigenvalue weighted by atomic mass is 10.0. The maximum absolute atomic E-state index is 11.8. The lowest BCUT2D eigenvalue weighted by Gasteiger charge is -2.16. The predicted octanol–water partition coefficient (Wildman–Crippen LogP) is 8.19. The Bertz CT molecular complexity index is 544. The highest BCUT2D eigenvalue weighted by Crippen LogP contribution is 2.14. The lowest BCUT2D eigenvalue weighted by Crippen LogP contribution is -2.18. The van der Waals surface area contributed by atoms with Crippen molar-refractivity contribution in [3.05, 3.63) is 36.5 Å². The van der Waals surface area contributed by atoms with Gasteiger partial charge in [-0.15, -0.1) is 0 Å². The SMILES string of the molecule is CCCCCCCCCCCCCCCCC/C=C/C(=O)/C=C/C[C@H]1CC=CC(=O)O1. The van der Waals surface area contributed by atoms with E-state index in [1.807, 2.05) is 12.2 Å². The van der Waals surface area contributed by atoms with Crippen LogP contribution in [0.4, 0.5) is 0 Å². The molecule has 0 aliphatic carbocycles. The van der Waals surface area contributed by atoms with E-state index in [1.54, 1.807) is 18.2 Å². The summed E-state index contributed by atoms with van der Waals surface area (Å²) in [5, 5.41) is 0. The second kappa shape index (κ2) is 20.3. The fourth-order valence-electron chi connectivity index (χ4n) is 3.94. The van der Waals surface area contributed by atoms with Crippen molar-refractivity contribution in [2.75, 3.05) is 0 Å². The fraction of sp³-hybridized carbons (Fsp3) is 0.714. The second-order valence-electron chi connectivity index (χ2n) is 8.88. The van der Waals surface area contributed by atoms with Crippen LogP contribution in [0.5, 0.6) is 0 Å². The van der Waals surface area contributed by atoms with Gasteiger partial charge in [-0.2, -0.15) is 0 Å². The highest BCUT2D eigenvalue weighted by atomic mass is 16.5. The first kappa shape index (κ1) is 27.4.